The Hall–Kier alpha value is -2.26. The Morgan fingerprint density at radius 2 is 1.80 bits per heavy atom. The van der Waals surface area contributed by atoms with Gasteiger partial charge >= 0.3 is 12.4 Å². The van der Waals surface area contributed by atoms with Crippen molar-refractivity contribution in [2.24, 2.45) is 0 Å². The van der Waals surface area contributed by atoms with Crippen molar-refractivity contribution in [3.05, 3.63) is 29.1 Å². The van der Waals surface area contributed by atoms with Crippen LogP contribution in [0.25, 0.3) is 11.0 Å². The van der Waals surface area contributed by atoms with Crippen LogP contribution in [0.5, 0.6) is 0 Å². The maximum Gasteiger partial charge on any atom is 0.418 e. The van der Waals surface area contributed by atoms with Gasteiger partial charge in [-0.15, -0.1) is 0 Å². The van der Waals surface area contributed by atoms with E-state index >= 15 is 0 Å². The number of nitrogens with one attached hydrogen (secondary N) is 1. The minimum atomic E-state index is -4.97. The molecule has 2 aromatic rings. The fourth-order valence-corrected chi connectivity index (χ4v) is 2.84. The van der Waals surface area contributed by atoms with Gasteiger partial charge in [0.1, 0.15) is 5.82 Å². The minimum Gasteiger partial charge on any atom is -0.340 e. The van der Waals surface area contributed by atoms with Crippen molar-refractivity contribution in [2.75, 3.05) is 6.54 Å². The van der Waals surface area contributed by atoms with Gasteiger partial charge in [-0.1, -0.05) is 0 Å². The molecule has 0 saturated carbocycles. The van der Waals surface area contributed by atoms with E-state index in [9.17, 15) is 31.1 Å². The second-order valence-electron chi connectivity index (χ2n) is 5.87. The lowest BCUT2D eigenvalue weighted by Crippen LogP contribution is -2.34. The Morgan fingerprint density at radius 1 is 1.08 bits per heavy atom. The Morgan fingerprint density at radius 3 is 2.40 bits per heavy atom. The van der Waals surface area contributed by atoms with E-state index < -0.39 is 34.5 Å². The van der Waals surface area contributed by atoms with Crippen molar-refractivity contribution < 1.29 is 31.1 Å². The highest BCUT2D eigenvalue weighted by atomic mass is 19.4. The molecule has 0 bridgehead atoms. The molecule has 1 N–H and O–H groups in total. The summed E-state index contributed by atoms with van der Waals surface area (Å²) >= 11 is 0. The van der Waals surface area contributed by atoms with Gasteiger partial charge in [0.25, 0.3) is 0 Å². The SMILES string of the molecule is O=C1CCCCN1Cc1nc2cc(C(F)(F)F)cc(C(F)(F)F)c2[nH]1. The number of hydrogen-bond acceptors (Lipinski definition) is 2. The summed E-state index contributed by atoms with van der Waals surface area (Å²) in [6.45, 7) is 0.377. The number of carbonyl (C=O) groups excluding carboxylic acids is 1. The van der Waals surface area contributed by atoms with E-state index in [4.69, 9.17) is 0 Å². The fourth-order valence-electron chi connectivity index (χ4n) is 2.84. The zero-order chi connectivity index (χ0) is 18.4. The number of likely N-dealkylation sites (tertiary alicyclic amines) is 1. The van der Waals surface area contributed by atoms with Crippen LogP contribution in [0, 0.1) is 0 Å². The summed E-state index contributed by atoms with van der Waals surface area (Å²) in [6.07, 6.45) is -8.05. The molecule has 10 heteroatoms. The molecule has 1 amide bonds. The number of imidazole rings is 1. The first kappa shape index (κ1) is 17.6. The van der Waals surface area contributed by atoms with Crippen molar-refractivity contribution in [3.8, 4) is 0 Å². The first-order valence-electron chi connectivity index (χ1n) is 7.50. The van der Waals surface area contributed by atoms with Crippen LogP contribution in [0.3, 0.4) is 0 Å². The first-order valence-corrected chi connectivity index (χ1v) is 7.50. The van der Waals surface area contributed by atoms with E-state index in [1.165, 1.54) is 4.90 Å². The molecule has 4 nitrogen and oxygen atoms in total. The number of aromatic nitrogens is 2. The Balaban J connectivity index is 2.04. The lowest BCUT2D eigenvalue weighted by atomic mass is 10.1. The number of hydrogen-bond donors (Lipinski definition) is 1. The molecule has 1 fully saturated rings. The van der Waals surface area contributed by atoms with E-state index in [1.807, 2.05) is 0 Å². The van der Waals surface area contributed by atoms with Crippen LogP contribution in [0.15, 0.2) is 12.1 Å². The van der Waals surface area contributed by atoms with Crippen LogP contribution < -0.4 is 0 Å². The van der Waals surface area contributed by atoms with Crippen LogP contribution in [0.1, 0.15) is 36.2 Å². The summed E-state index contributed by atoms with van der Waals surface area (Å²) in [5.41, 5.74) is -3.79. The molecule has 1 saturated heterocycles. The summed E-state index contributed by atoms with van der Waals surface area (Å²) in [5.74, 6) is -0.131. The van der Waals surface area contributed by atoms with Crippen molar-refractivity contribution >= 4 is 16.9 Å². The van der Waals surface area contributed by atoms with Crippen LogP contribution in [0.4, 0.5) is 26.3 Å². The van der Waals surface area contributed by atoms with Gasteiger partial charge in [-0.2, -0.15) is 26.3 Å². The number of H-pyrrole nitrogens is 1. The van der Waals surface area contributed by atoms with Crippen LogP contribution in [0.2, 0.25) is 0 Å². The molecule has 0 spiro atoms. The summed E-state index contributed by atoms with van der Waals surface area (Å²) in [4.78, 5) is 19.5. The maximum absolute atomic E-state index is 13.1. The Kier molecular flexibility index (Phi) is 4.16. The zero-order valence-corrected chi connectivity index (χ0v) is 12.8. The number of carbonyl (C=O) groups is 1. The molecule has 0 aliphatic carbocycles. The van der Waals surface area contributed by atoms with E-state index in [2.05, 4.69) is 9.97 Å². The van der Waals surface area contributed by atoms with Crippen molar-refractivity contribution in [3.63, 3.8) is 0 Å². The second kappa shape index (κ2) is 5.92. The number of benzene rings is 1. The number of amides is 1. The predicted molar refractivity (Wildman–Crippen MR) is 75.4 cm³/mol. The molecular formula is C15H13F6N3O. The highest BCUT2D eigenvalue weighted by Gasteiger charge is 2.39. The second-order valence-corrected chi connectivity index (χ2v) is 5.87. The van der Waals surface area contributed by atoms with E-state index in [-0.39, 0.29) is 24.3 Å². The zero-order valence-electron chi connectivity index (χ0n) is 12.8. The minimum absolute atomic E-state index is 0.0232. The van der Waals surface area contributed by atoms with Crippen LogP contribution in [-0.2, 0) is 23.7 Å². The van der Waals surface area contributed by atoms with Gasteiger partial charge in [0, 0.05) is 13.0 Å². The first-order chi connectivity index (χ1) is 11.6. The normalized spacial score (nSPS) is 16.7. The number of aromatic amines is 1. The smallest absolute Gasteiger partial charge is 0.340 e. The maximum atomic E-state index is 13.1. The topological polar surface area (TPSA) is 49.0 Å². The molecule has 1 aromatic heterocycles. The fraction of sp³-hybridized carbons (Fsp3) is 0.467. The third kappa shape index (κ3) is 3.57. The monoisotopic (exact) mass is 365 g/mol. The quantitative estimate of drug-likeness (QED) is 0.815. The molecule has 1 aromatic carbocycles. The Labute approximate surface area is 137 Å². The molecule has 25 heavy (non-hydrogen) atoms. The Bertz CT molecular complexity index is 808. The lowest BCUT2D eigenvalue weighted by molar-refractivity contribution is -0.142. The van der Waals surface area contributed by atoms with Gasteiger partial charge in [-0.05, 0) is 25.0 Å². The summed E-state index contributed by atoms with van der Waals surface area (Å²) in [5, 5.41) is 0. The lowest BCUT2D eigenvalue weighted by Gasteiger charge is -2.25. The third-order valence-corrected chi connectivity index (χ3v) is 4.04. The van der Waals surface area contributed by atoms with Gasteiger partial charge in [0.05, 0.1) is 28.7 Å². The standard InChI is InChI=1S/C15H13F6N3O/c16-14(17,18)8-5-9(15(19,20)21)13-10(6-8)22-11(23-13)7-24-4-2-1-3-12(24)25/h5-6H,1-4,7H2,(H,22,23). The highest BCUT2D eigenvalue weighted by Crippen LogP contribution is 2.39. The highest BCUT2D eigenvalue weighted by molar-refractivity contribution is 5.81. The van der Waals surface area contributed by atoms with E-state index in [1.54, 1.807) is 0 Å². The number of halogens is 6. The molecule has 1 aliphatic rings. The molecule has 0 atom stereocenters. The van der Waals surface area contributed by atoms with E-state index in [0.29, 0.717) is 19.0 Å². The summed E-state index contributed by atoms with van der Waals surface area (Å²) in [6, 6.07) is 0.638. The molecule has 0 radical (unpaired) electrons. The van der Waals surface area contributed by atoms with Crippen LogP contribution >= 0.6 is 0 Å². The molecular weight excluding hydrogens is 352 g/mol. The predicted octanol–water partition coefficient (Wildman–Crippen LogP) is 4.11. The molecule has 2 heterocycles. The average Bonchev–Trinajstić information content (AvgIpc) is 2.88. The number of alkyl halides is 6. The number of rotatable bonds is 2. The van der Waals surface area contributed by atoms with Gasteiger partial charge in [-0.3, -0.25) is 4.79 Å². The van der Waals surface area contributed by atoms with Crippen molar-refractivity contribution in [2.45, 2.75) is 38.2 Å². The van der Waals surface area contributed by atoms with Gasteiger partial charge in [0.15, 0.2) is 0 Å². The molecule has 1 aliphatic heterocycles. The number of piperidine rings is 1. The van der Waals surface area contributed by atoms with Crippen molar-refractivity contribution in [1.29, 1.82) is 0 Å². The van der Waals surface area contributed by atoms with Crippen LogP contribution in [-0.4, -0.2) is 27.3 Å². The van der Waals surface area contributed by atoms with Gasteiger partial charge in [0.2, 0.25) is 5.91 Å². The number of fused-ring (bicyclic) bond motifs is 1. The summed E-state index contributed by atoms with van der Waals surface area (Å²) < 4.78 is 78.0. The third-order valence-electron chi connectivity index (χ3n) is 4.04. The molecule has 3 rings (SSSR count). The largest absolute Gasteiger partial charge is 0.418 e. The molecule has 136 valence electrons. The number of nitrogens with zero attached hydrogens (tertiary/aromatic N) is 2. The van der Waals surface area contributed by atoms with Crippen molar-refractivity contribution in [1.82, 2.24) is 14.9 Å². The van der Waals surface area contributed by atoms with Gasteiger partial charge < -0.3 is 9.88 Å². The van der Waals surface area contributed by atoms with E-state index in [0.717, 1.165) is 12.8 Å². The summed E-state index contributed by atoms with van der Waals surface area (Å²) in [7, 11) is 0. The van der Waals surface area contributed by atoms with Gasteiger partial charge in [-0.25, -0.2) is 4.98 Å². The molecule has 0 unspecified atom stereocenters. The average molecular weight is 365 g/mol.